The Morgan fingerprint density at radius 1 is 1.33 bits per heavy atom. The maximum atomic E-state index is 12.0. The number of anilines is 3. The molecule has 0 spiro atoms. The maximum absolute atomic E-state index is 12.0. The van der Waals surface area contributed by atoms with Crippen LogP contribution in [0.4, 0.5) is 16.5 Å². The Hall–Kier alpha value is -2.91. The smallest absolute Gasteiger partial charge is 0.227 e. The van der Waals surface area contributed by atoms with Crippen molar-refractivity contribution < 1.29 is 14.3 Å². The molecule has 1 fully saturated rings. The average molecular weight is 428 g/mol. The van der Waals surface area contributed by atoms with Crippen LogP contribution in [0.25, 0.3) is 11.3 Å². The number of benzene rings is 1. The van der Waals surface area contributed by atoms with Crippen molar-refractivity contribution in [2.24, 2.45) is 0 Å². The van der Waals surface area contributed by atoms with E-state index in [4.69, 9.17) is 14.5 Å². The molecule has 0 atom stereocenters. The summed E-state index contributed by atoms with van der Waals surface area (Å²) in [4.78, 5) is 18.5. The molecule has 0 saturated carbocycles. The lowest BCUT2D eigenvalue weighted by molar-refractivity contribution is -0.117. The van der Waals surface area contributed by atoms with Gasteiger partial charge < -0.3 is 19.7 Å². The summed E-state index contributed by atoms with van der Waals surface area (Å²) in [5, 5.41) is 10.4. The first-order valence-electron chi connectivity index (χ1n) is 9.99. The lowest BCUT2D eigenvalue weighted by Crippen LogP contribution is -2.23. The molecule has 0 radical (unpaired) electrons. The normalized spacial score (nSPS) is 13.8. The van der Waals surface area contributed by atoms with Gasteiger partial charge in [0.1, 0.15) is 5.75 Å². The third kappa shape index (κ3) is 4.47. The number of aromatic nitrogens is 3. The lowest BCUT2D eigenvalue weighted by atomic mass is 10.1. The van der Waals surface area contributed by atoms with Gasteiger partial charge in [0.15, 0.2) is 5.13 Å². The summed E-state index contributed by atoms with van der Waals surface area (Å²) >= 11 is 1.52. The van der Waals surface area contributed by atoms with Crippen LogP contribution in [0.1, 0.15) is 19.8 Å². The number of methoxy groups -OCH3 is 1. The van der Waals surface area contributed by atoms with Gasteiger partial charge in [0.05, 0.1) is 37.8 Å². The SMILES string of the molecule is CCOCCn1cc(Nc2nc(-c3ccc(N4CCCC4=O)cc3OC)cs2)cn1. The number of carbonyl (C=O) groups excluding carboxylic acids is 1. The van der Waals surface area contributed by atoms with Gasteiger partial charge in [-0.2, -0.15) is 5.10 Å². The Morgan fingerprint density at radius 2 is 2.23 bits per heavy atom. The van der Waals surface area contributed by atoms with Crippen LogP contribution < -0.4 is 15.0 Å². The zero-order valence-corrected chi connectivity index (χ0v) is 17.9. The van der Waals surface area contributed by atoms with Crippen LogP contribution >= 0.6 is 11.3 Å². The fourth-order valence-corrected chi connectivity index (χ4v) is 4.14. The standard InChI is InChI=1S/C21H25N5O3S/c1-3-29-10-9-25-13-15(12-22-25)23-21-24-18(14-30-21)17-7-6-16(11-19(17)28-2)26-8-4-5-20(26)27/h6-7,11-14H,3-5,8-10H2,1-2H3,(H,23,24). The highest BCUT2D eigenvalue weighted by atomic mass is 32.1. The molecule has 1 amide bonds. The maximum Gasteiger partial charge on any atom is 0.227 e. The van der Waals surface area contributed by atoms with E-state index in [2.05, 4.69) is 10.4 Å². The highest BCUT2D eigenvalue weighted by molar-refractivity contribution is 7.14. The molecule has 2 aromatic heterocycles. The summed E-state index contributed by atoms with van der Waals surface area (Å²) in [6.45, 7) is 4.78. The van der Waals surface area contributed by atoms with Crippen molar-refractivity contribution in [3.8, 4) is 17.0 Å². The molecule has 4 rings (SSSR count). The van der Waals surface area contributed by atoms with Crippen LogP contribution in [0.15, 0.2) is 36.0 Å². The summed E-state index contributed by atoms with van der Waals surface area (Å²) in [5.41, 5.74) is 3.46. The van der Waals surface area contributed by atoms with Gasteiger partial charge in [0.2, 0.25) is 5.91 Å². The van der Waals surface area contributed by atoms with Crippen molar-refractivity contribution in [1.82, 2.24) is 14.8 Å². The minimum atomic E-state index is 0.159. The van der Waals surface area contributed by atoms with Crippen LogP contribution in [-0.2, 0) is 16.1 Å². The summed E-state index contributed by atoms with van der Waals surface area (Å²) in [6, 6.07) is 5.83. The predicted octanol–water partition coefficient (Wildman–Crippen LogP) is 3.92. The highest BCUT2D eigenvalue weighted by Crippen LogP contribution is 2.36. The van der Waals surface area contributed by atoms with Gasteiger partial charge >= 0.3 is 0 Å². The second-order valence-corrected chi connectivity index (χ2v) is 7.74. The number of hydrogen-bond acceptors (Lipinski definition) is 7. The molecule has 1 aliphatic heterocycles. The number of hydrogen-bond donors (Lipinski definition) is 1. The van der Waals surface area contributed by atoms with Gasteiger partial charge in [-0.15, -0.1) is 11.3 Å². The van der Waals surface area contributed by atoms with Crippen LogP contribution in [0, 0.1) is 0 Å². The molecule has 0 aliphatic carbocycles. The minimum absolute atomic E-state index is 0.159. The first-order chi connectivity index (χ1) is 14.7. The number of amides is 1. The van der Waals surface area contributed by atoms with Crippen LogP contribution in [0.3, 0.4) is 0 Å². The van der Waals surface area contributed by atoms with E-state index in [0.717, 1.165) is 40.7 Å². The Morgan fingerprint density at radius 3 is 3.00 bits per heavy atom. The first-order valence-corrected chi connectivity index (χ1v) is 10.9. The molecule has 0 unspecified atom stereocenters. The molecule has 158 valence electrons. The molecule has 1 aromatic carbocycles. The molecular formula is C21H25N5O3S. The van der Waals surface area contributed by atoms with Crippen molar-refractivity contribution in [1.29, 1.82) is 0 Å². The predicted molar refractivity (Wildman–Crippen MR) is 118 cm³/mol. The number of rotatable bonds is 9. The monoisotopic (exact) mass is 427 g/mol. The quantitative estimate of drug-likeness (QED) is 0.521. The lowest BCUT2D eigenvalue weighted by Gasteiger charge is -2.17. The van der Waals surface area contributed by atoms with Crippen LogP contribution in [0.5, 0.6) is 5.75 Å². The van der Waals surface area contributed by atoms with Crippen LogP contribution in [0.2, 0.25) is 0 Å². The molecule has 30 heavy (non-hydrogen) atoms. The van der Waals surface area contributed by atoms with Gasteiger partial charge in [-0.3, -0.25) is 9.48 Å². The minimum Gasteiger partial charge on any atom is -0.496 e. The van der Waals surface area contributed by atoms with E-state index in [9.17, 15) is 4.79 Å². The number of ether oxygens (including phenoxy) is 2. The fourth-order valence-electron chi connectivity index (χ4n) is 3.41. The van der Waals surface area contributed by atoms with Crippen molar-refractivity contribution in [3.63, 3.8) is 0 Å². The third-order valence-corrected chi connectivity index (χ3v) is 5.66. The molecule has 1 aliphatic rings. The number of nitrogens with zero attached hydrogens (tertiary/aromatic N) is 4. The van der Waals surface area contributed by atoms with Gasteiger partial charge in [-0.05, 0) is 25.5 Å². The van der Waals surface area contributed by atoms with E-state index in [1.807, 2.05) is 46.3 Å². The number of carbonyl (C=O) groups is 1. The van der Waals surface area contributed by atoms with Gasteiger partial charge in [-0.25, -0.2) is 4.98 Å². The van der Waals surface area contributed by atoms with E-state index >= 15 is 0 Å². The molecule has 3 aromatic rings. The molecule has 9 heteroatoms. The summed E-state index contributed by atoms with van der Waals surface area (Å²) < 4.78 is 12.8. The zero-order chi connectivity index (χ0) is 20.9. The second-order valence-electron chi connectivity index (χ2n) is 6.89. The summed E-state index contributed by atoms with van der Waals surface area (Å²) in [5.74, 6) is 0.861. The average Bonchev–Trinajstić information content (AvgIpc) is 3.50. The second kappa shape index (κ2) is 9.27. The molecule has 0 bridgehead atoms. The van der Waals surface area contributed by atoms with Crippen molar-refractivity contribution in [2.75, 3.05) is 37.1 Å². The number of thiazole rings is 1. The van der Waals surface area contributed by atoms with Gasteiger partial charge in [0.25, 0.3) is 0 Å². The van der Waals surface area contributed by atoms with E-state index < -0.39 is 0 Å². The van der Waals surface area contributed by atoms with E-state index in [1.165, 1.54) is 11.3 Å². The molecule has 1 N–H and O–H groups in total. The third-order valence-electron chi connectivity index (χ3n) is 4.90. The van der Waals surface area contributed by atoms with E-state index in [0.29, 0.717) is 31.9 Å². The fraction of sp³-hybridized carbons (Fsp3) is 0.381. The van der Waals surface area contributed by atoms with Crippen molar-refractivity contribution in [2.45, 2.75) is 26.3 Å². The largest absolute Gasteiger partial charge is 0.496 e. The highest BCUT2D eigenvalue weighted by Gasteiger charge is 2.23. The summed E-state index contributed by atoms with van der Waals surface area (Å²) in [7, 11) is 1.64. The molecule has 3 heterocycles. The van der Waals surface area contributed by atoms with Crippen molar-refractivity contribution in [3.05, 3.63) is 36.0 Å². The van der Waals surface area contributed by atoms with Gasteiger partial charge in [0, 0.05) is 48.5 Å². The first kappa shape index (κ1) is 20.4. The van der Waals surface area contributed by atoms with Gasteiger partial charge in [-0.1, -0.05) is 0 Å². The van der Waals surface area contributed by atoms with E-state index in [1.54, 1.807) is 13.3 Å². The topological polar surface area (TPSA) is 81.5 Å². The molecule has 8 nitrogen and oxygen atoms in total. The van der Waals surface area contributed by atoms with Crippen LogP contribution in [-0.4, -0.2) is 47.5 Å². The Kier molecular flexibility index (Phi) is 6.29. The molecular weight excluding hydrogens is 402 g/mol. The van der Waals surface area contributed by atoms with Crippen molar-refractivity contribution >= 4 is 33.8 Å². The molecule has 1 saturated heterocycles. The Balaban J connectivity index is 1.47. The van der Waals surface area contributed by atoms with E-state index in [-0.39, 0.29) is 5.91 Å². The zero-order valence-electron chi connectivity index (χ0n) is 17.1. The Labute approximate surface area is 179 Å². The Bertz CT molecular complexity index is 1020. The number of nitrogens with one attached hydrogen (secondary N) is 1. The summed E-state index contributed by atoms with van der Waals surface area (Å²) in [6.07, 6.45) is 5.21.